The number of nitrogen functional groups attached to an aromatic ring is 2. The van der Waals surface area contributed by atoms with Gasteiger partial charge in [-0.15, -0.1) is 0 Å². The van der Waals surface area contributed by atoms with Crippen LogP contribution in [0.2, 0.25) is 0 Å². The van der Waals surface area contributed by atoms with Crippen molar-refractivity contribution in [2.24, 2.45) is 0 Å². The molecule has 1 rings (SSSR count). The van der Waals surface area contributed by atoms with E-state index in [2.05, 4.69) is 0 Å². The van der Waals surface area contributed by atoms with E-state index in [1.54, 1.807) is 12.1 Å². The SMILES string of the molecule is COc1ccc(N)c(N)c1CC#N. The van der Waals surface area contributed by atoms with Gasteiger partial charge in [0, 0.05) is 5.56 Å². The molecule has 0 saturated carbocycles. The second-order valence-electron chi connectivity index (χ2n) is 2.58. The van der Waals surface area contributed by atoms with Crippen LogP contribution in [0.15, 0.2) is 12.1 Å². The van der Waals surface area contributed by atoms with Crippen LogP contribution in [0.1, 0.15) is 5.56 Å². The molecule has 68 valence electrons. The fourth-order valence-electron chi connectivity index (χ4n) is 1.12. The number of nitrogens with two attached hydrogens (primary N) is 2. The van der Waals surface area contributed by atoms with Crippen LogP contribution < -0.4 is 16.2 Å². The zero-order chi connectivity index (χ0) is 9.84. The molecule has 0 saturated heterocycles. The quantitative estimate of drug-likeness (QED) is 0.658. The highest BCUT2D eigenvalue weighted by molar-refractivity contribution is 5.71. The van der Waals surface area contributed by atoms with Crippen molar-refractivity contribution in [3.05, 3.63) is 17.7 Å². The lowest BCUT2D eigenvalue weighted by atomic mass is 10.1. The minimum absolute atomic E-state index is 0.208. The molecule has 0 heterocycles. The summed E-state index contributed by atoms with van der Waals surface area (Å²) in [7, 11) is 1.53. The fourth-order valence-corrected chi connectivity index (χ4v) is 1.12. The number of hydrogen-bond acceptors (Lipinski definition) is 4. The number of benzene rings is 1. The number of anilines is 2. The first-order valence-corrected chi connectivity index (χ1v) is 3.78. The highest BCUT2D eigenvalue weighted by atomic mass is 16.5. The minimum Gasteiger partial charge on any atom is -0.496 e. The molecule has 4 nitrogen and oxygen atoms in total. The molecule has 0 fully saturated rings. The van der Waals surface area contributed by atoms with Crippen molar-refractivity contribution in [2.45, 2.75) is 6.42 Å². The highest BCUT2D eigenvalue weighted by Gasteiger charge is 2.08. The standard InChI is InChI=1S/C9H11N3O/c1-13-8-3-2-7(11)9(12)6(8)4-5-10/h2-3H,4,11-12H2,1H3. The molecule has 0 unspecified atom stereocenters. The Morgan fingerprint density at radius 1 is 1.46 bits per heavy atom. The predicted octanol–water partition coefficient (Wildman–Crippen LogP) is 0.926. The van der Waals surface area contributed by atoms with Crippen LogP contribution in [0.5, 0.6) is 5.75 Å². The van der Waals surface area contributed by atoms with E-state index in [-0.39, 0.29) is 6.42 Å². The second kappa shape index (κ2) is 3.68. The van der Waals surface area contributed by atoms with Gasteiger partial charge in [-0.1, -0.05) is 0 Å². The lowest BCUT2D eigenvalue weighted by Crippen LogP contribution is -2.01. The van der Waals surface area contributed by atoms with Crippen LogP contribution in [0, 0.1) is 11.3 Å². The molecule has 1 aromatic carbocycles. The first-order valence-electron chi connectivity index (χ1n) is 3.78. The lowest BCUT2D eigenvalue weighted by Gasteiger charge is -2.10. The van der Waals surface area contributed by atoms with E-state index in [9.17, 15) is 0 Å². The Balaban J connectivity index is 3.25. The Labute approximate surface area is 76.7 Å². The van der Waals surface area contributed by atoms with Gasteiger partial charge in [0.2, 0.25) is 0 Å². The molecular weight excluding hydrogens is 166 g/mol. The first kappa shape index (κ1) is 9.20. The molecule has 4 heteroatoms. The summed E-state index contributed by atoms with van der Waals surface area (Å²) in [6.07, 6.45) is 0.208. The monoisotopic (exact) mass is 177 g/mol. The summed E-state index contributed by atoms with van der Waals surface area (Å²) >= 11 is 0. The smallest absolute Gasteiger partial charge is 0.125 e. The van der Waals surface area contributed by atoms with E-state index in [0.717, 1.165) is 0 Å². The Morgan fingerprint density at radius 2 is 2.15 bits per heavy atom. The van der Waals surface area contributed by atoms with Gasteiger partial charge in [-0.3, -0.25) is 0 Å². The van der Waals surface area contributed by atoms with E-state index in [0.29, 0.717) is 22.7 Å². The average Bonchev–Trinajstić information content (AvgIpc) is 2.14. The Morgan fingerprint density at radius 3 is 2.69 bits per heavy atom. The van der Waals surface area contributed by atoms with Gasteiger partial charge in [0.1, 0.15) is 5.75 Å². The van der Waals surface area contributed by atoms with Crippen LogP contribution in [-0.4, -0.2) is 7.11 Å². The van der Waals surface area contributed by atoms with Gasteiger partial charge in [0.15, 0.2) is 0 Å². The number of nitrogens with zero attached hydrogens (tertiary/aromatic N) is 1. The van der Waals surface area contributed by atoms with Crippen LogP contribution in [0.3, 0.4) is 0 Å². The summed E-state index contributed by atoms with van der Waals surface area (Å²) in [5.41, 5.74) is 12.8. The van der Waals surface area contributed by atoms with Gasteiger partial charge in [0.05, 0.1) is 31.0 Å². The lowest BCUT2D eigenvalue weighted by molar-refractivity contribution is 0.411. The average molecular weight is 177 g/mol. The van der Waals surface area contributed by atoms with Crippen molar-refractivity contribution in [1.82, 2.24) is 0 Å². The fraction of sp³-hybridized carbons (Fsp3) is 0.222. The van der Waals surface area contributed by atoms with E-state index in [4.69, 9.17) is 21.5 Å². The van der Waals surface area contributed by atoms with Crippen molar-refractivity contribution in [2.75, 3.05) is 18.6 Å². The summed E-state index contributed by atoms with van der Waals surface area (Å²) in [4.78, 5) is 0. The molecule has 4 N–H and O–H groups in total. The molecular formula is C9H11N3O. The molecule has 0 atom stereocenters. The van der Waals surface area contributed by atoms with Crippen LogP contribution in [0.25, 0.3) is 0 Å². The molecule has 1 aromatic rings. The Kier molecular flexibility index (Phi) is 2.60. The molecule has 0 aliphatic rings. The normalized spacial score (nSPS) is 9.23. The zero-order valence-electron chi connectivity index (χ0n) is 7.37. The maximum absolute atomic E-state index is 8.55. The van der Waals surface area contributed by atoms with Gasteiger partial charge in [-0.05, 0) is 12.1 Å². The summed E-state index contributed by atoms with van der Waals surface area (Å²) in [6.45, 7) is 0. The molecule has 0 amide bonds. The molecule has 0 aliphatic heterocycles. The molecule has 0 spiro atoms. The minimum atomic E-state index is 0.208. The van der Waals surface area contributed by atoms with Crippen LogP contribution >= 0.6 is 0 Å². The van der Waals surface area contributed by atoms with Crippen molar-refractivity contribution < 1.29 is 4.74 Å². The largest absolute Gasteiger partial charge is 0.496 e. The van der Waals surface area contributed by atoms with E-state index >= 15 is 0 Å². The van der Waals surface area contributed by atoms with Crippen molar-refractivity contribution >= 4 is 11.4 Å². The number of rotatable bonds is 2. The predicted molar refractivity (Wildman–Crippen MR) is 51.1 cm³/mol. The molecule has 0 aromatic heterocycles. The Bertz CT molecular complexity index is 355. The molecule has 13 heavy (non-hydrogen) atoms. The second-order valence-corrected chi connectivity index (χ2v) is 2.58. The number of methoxy groups -OCH3 is 1. The maximum atomic E-state index is 8.55. The molecule has 0 radical (unpaired) electrons. The van der Waals surface area contributed by atoms with Gasteiger partial charge in [0.25, 0.3) is 0 Å². The highest BCUT2D eigenvalue weighted by Crippen LogP contribution is 2.29. The van der Waals surface area contributed by atoms with Crippen molar-refractivity contribution in [3.63, 3.8) is 0 Å². The summed E-state index contributed by atoms with van der Waals surface area (Å²) in [5, 5.41) is 8.55. The number of nitriles is 1. The van der Waals surface area contributed by atoms with Crippen LogP contribution in [0.4, 0.5) is 11.4 Å². The topological polar surface area (TPSA) is 85.1 Å². The van der Waals surface area contributed by atoms with Crippen molar-refractivity contribution in [1.29, 1.82) is 5.26 Å². The number of hydrogen-bond donors (Lipinski definition) is 2. The molecule has 0 aliphatic carbocycles. The van der Waals surface area contributed by atoms with Gasteiger partial charge in [-0.25, -0.2) is 0 Å². The van der Waals surface area contributed by atoms with Gasteiger partial charge < -0.3 is 16.2 Å². The summed E-state index contributed by atoms with van der Waals surface area (Å²) in [5.74, 6) is 0.605. The number of ether oxygens (including phenoxy) is 1. The van der Waals surface area contributed by atoms with E-state index in [1.807, 2.05) is 6.07 Å². The van der Waals surface area contributed by atoms with E-state index in [1.165, 1.54) is 7.11 Å². The third kappa shape index (κ3) is 1.64. The van der Waals surface area contributed by atoms with E-state index < -0.39 is 0 Å². The summed E-state index contributed by atoms with van der Waals surface area (Å²) < 4.78 is 5.05. The first-order chi connectivity index (χ1) is 6.20. The summed E-state index contributed by atoms with van der Waals surface area (Å²) in [6, 6.07) is 5.38. The third-order valence-corrected chi connectivity index (χ3v) is 1.82. The van der Waals surface area contributed by atoms with Gasteiger partial charge >= 0.3 is 0 Å². The van der Waals surface area contributed by atoms with Crippen LogP contribution in [-0.2, 0) is 6.42 Å². The Hall–Kier alpha value is -1.89. The van der Waals surface area contributed by atoms with Crippen molar-refractivity contribution in [3.8, 4) is 11.8 Å². The molecule has 0 bridgehead atoms. The maximum Gasteiger partial charge on any atom is 0.125 e. The third-order valence-electron chi connectivity index (χ3n) is 1.82. The van der Waals surface area contributed by atoms with Gasteiger partial charge in [-0.2, -0.15) is 5.26 Å². The zero-order valence-corrected chi connectivity index (χ0v) is 7.37.